The topological polar surface area (TPSA) is 94.6 Å². The van der Waals surface area contributed by atoms with Gasteiger partial charge in [0.25, 0.3) is 5.91 Å². The monoisotopic (exact) mass is 378 g/mol. The summed E-state index contributed by atoms with van der Waals surface area (Å²) in [6.45, 7) is 1.04. The van der Waals surface area contributed by atoms with Gasteiger partial charge in [0, 0.05) is 23.6 Å². The molecule has 4 rings (SSSR count). The number of benzene rings is 2. The number of fused-ring (bicyclic) bond motifs is 1. The molecule has 28 heavy (non-hydrogen) atoms. The molecule has 0 aliphatic carbocycles. The Morgan fingerprint density at radius 3 is 2.54 bits per heavy atom. The van der Waals surface area contributed by atoms with E-state index in [4.69, 9.17) is 14.2 Å². The lowest BCUT2D eigenvalue weighted by atomic mass is 10.2. The molecule has 0 atom stereocenters. The number of rotatable bonds is 5. The van der Waals surface area contributed by atoms with Gasteiger partial charge in [-0.2, -0.15) is 0 Å². The van der Waals surface area contributed by atoms with Crippen molar-refractivity contribution in [3.63, 3.8) is 0 Å². The number of amides is 1. The van der Waals surface area contributed by atoms with Gasteiger partial charge in [0.2, 0.25) is 5.95 Å². The van der Waals surface area contributed by atoms with Crippen LogP contribution in [0.5, 0.6) is 17.2 Å². The van der Waals surface area contributed by atoms with Crippen LogP contribution in [0.1, 0.15) is 10.5 Å². The number of hydrogen-bond donors (Lipinski definition) is 2. The van der Waals surface area contributed by atoms with Gasteiger partial charge >= 0.3 is 0 Å². The molecule has 1 aliphatic rings. The average Bonchev–Trinajstić information content (AvgIpc) is 2.74. The standard InChI is InChI=1S/C20H18N4O4/c1-26-15-5-2-13(3-6-15)22-19(25)16-8-9-21-20(24-16)23-14-4-7-17-18(12-14)28-11-10-27-17/h2-9,12H,10-11H2,1H3,(H,22,25)(H,21,23,24). The first kappa shape index (κ1) is 17.6. The summed E-state index contributed by atoms with van der Waals surface area (Å²) < 4.78 is 16.2. The zero-order chi connectivity index (χ0) is 19.3. The molecule has 0 saturated carbocycles. The summed E-state index contributed by atoms with van der Waals surface area (Å²) in [6, 6.07) is 14.1. The van der Waals surface area contributed by atoms with Crippen LogP contribution in [-0.4, -0.2) is 36.2 Å². The molecule has 0 unspecified atom stereocenters. The zero-order valence-electron chi connectivity index (χ0n) is 15.1. The number of hydrogen-bond acceptors (Lipinski definition) is 7. The van der Waals surface area contributed by atoms with E-state index in [1.165, 1.54) is 6.20 Å². The normalized spacial score (nSPS) is 12.2. The summed E-state index contributed by atoms with van der Waals surface area (Å²) in [6.07, 6.45) is 1.52. The van der Waals surface area contributed by atoms with Crippen LogP contribution >= 0.6 is 0 Å². The second-order valence-corrected chi connectivity index (χ2v) is 5.93. The Labute approximate surface area is 161 Å². The predicted octanol–water partition coefficient (Wildman–Crippen LogP) is 3.25. The highest BCUT2D eigenvalue weighted by atomic mass is 16.6. The minimum atomic E-state index is -0.335. The fraction of sp³-hybridized carbons (Fsp3) is 0.150. The fourth-order valence-electron chi connectivity index (χ4n) is 2.67. The highest BCUT2D eigenvalue weighted by molar-refractivity contribution is 6.03. The number of methoxy groups -OCH3 is 1. The van der Waals surface area contributed by atoms with Crippen LogP contribution < -0.4 is 24.8 Å². The summed E-state index contributed by atoms with van der Waals surface area (Å²) in [5.41, 5.74) is 1.62. The Kier molecular flexibility index (Phi) is 4.92. The van der Waals surface area contributed by atoms with Crippen molar-refractivity contribution in [2.24, 2.45) is 0 Å². The SMILES string of the molecule is COc1ccc(NC(=O)c2ccnc(Nc3ccc4c(c3)OCCO4)n2)cc1. The van der Waals surface area contributed by atoms with E-state index >= 15 is 0 Å². The fourth-order valence-corrected chi connectivity index (χ4v) is 2.67. The predicted molar refractivity (Wildman–Crippen MR) is 104 cm³/mol. The van der Waals surface area contributed by atoms with Crippen LogP contribution in [0.3, 0.4) is 0 Å². The summed E-state index contributed by atoms with van der Waals surface area (Å²) >= 11 is 0. The Balaban J connectivity index is 1.47. The minimum Gasteiger partial charge on any atom is -0.497 e. The van der Waals surface area contributed by atoms with Gasteiger partial charge < -0.3 is 24.8 Å². The number of ether oxygens (including phenoxy) is 3. The van der Waals surface area contributed by atoms with Gasteiger partial charge in [0.05, 0.1) is 7.11 Å². The Bertz CT molecular complexity index is 992. The van der Waals surface area contributed by atoms with Crippen molar-refractivity contribution in [2.75, 3.05) is 31.0 Å². The molecular weight excluding hydrogens is 360 g/mol. The van der Waals surface area contributed by atoms with Crippen molar-refractivity contribution >= 4 is 23.2 Å². The van der Waals surface area contributed by atoms with E-state index in [9.17, 15) is 4.79 Å². The lowest BCUT2D eigenvalue weighted by Crippen LogP contribution is -2.15. The second kappa shape index (κ2) is 7.83. The highest BCUT2D eigenvalue weighted by Crippen LogP contribution is 2.33. The van der Waals surface area contributed by atoms with E-state index in [1.807, 2.05) is 18.2 Å². The number of aromatic nitrogens is 2. The molecule has 2 heterocycles. The number of carbonyl (C=O) groups is 1. The molecule has 0 bridgehead atoms. The molecular formula is C20H18N4O4. The summed E-state index contributed by atoms with van der Waals surface area (Å²) in [5.74, 6) is 2.04. The maximum absolute atomic E-state index is 12.5. The first-order valence-corrected chi connectivity index (χ1v) is 8.66. The smallest absolute Gasteiger partial charge is 0.274 e. The van der Waals surface area contributed by atoms with E-state index in [2.05, 4.69) is 20.6 Å². The molecule has 0 fully saturated rings. The van der Waals surface area contributed by atoms with Crippen LogP contribution in [0.15, 0.2) is 54.7 Å². The molecule has 2 N–H and O–H groups in total. The molecule has 142 valence electrons. The maximum atomic E-state index is 12.5. The molecule has 0 spiro atoms. The van der Waals surface area contributed by atoms with Gasteiger partial charge in [-0.1, -0.05) is 0 Å². The third-order valence-electron chi connectivity index (χ3n) is 4.03. The van der Waals surface area contributed by atoms with Crippen LogP contribution in [0.4, 0.5) is 17.3 Å². The number of nitrogens with zero attached hydrogens (tertiary/aromatic N) is 2. The largest absolute Gasteiger partial charge is 0.497 e. The minimum absolute atomic E-state index is 0.242. The summed E-state index contributed by atoms with van der Waals surface area (Å²) in [5, 5.41) is 5.87. The van der Waals surface area contributed by atoms with E-state index in [0.29, 0.717) is 42.1 Å². The van der Waals surface area contributed by atoms with Gasteiger partial charge in [-0.15, -0.1) is 0 Å². The lowest BCUT2D eigenvalue weighted by molar-refractivity contribution is 0.102. The third-order valence-corrected chi connectivity index (χ3v) is 4.03. The van der Waals surface area contributed by atoms with E-state index in [-0.39, 0.29) is 11.6 Å². The van der Waals surface area contributed by atoms with Gasteiger partial charge in [-0.25, -0.2) is 9.97 Å². The second-order valence-electron chi connectivity index (χ2n) is 5.93. The molecule has 1 aromatic heterocycles. The molecule has 8 heteroatoms. The number of anilines is 3. The highest BCUT2D eigenvalue weighted by Gasteiger charge is 2.13. The van der Waals surface area contributed by atoms with Crippen molar-refractivity contribution in [3.05, 3.63) is 60.4 Å². The van der Waals surface area contributed by atoms with Crippen LogP contribution in [0, 0.1) is 0 Å². The van der Waals surface area contributed by atoms with Gasteiger partial charge in [0.15, 0.2) is 11.5 Å². The van der Waals surface area contributed by atoms with E-state index in [0.717, 1.165) is 5.69 Å². The molecule has 1 aliphatic heterocycles. The molecule has 2 aromatic carbocycles. The molecule has 3 aromatic rings. The number of carbonyl (C=O) groups excluding carboxylic acids is 1. The van der Waals surface area contributed by atoms with Gasteiger partial charge in [-0.05, 0) is 42.5 Å². The summed E-state index contributed by atoms with van der Waals surface area (Å²) in [4.78, 5) is 20.9. The quantitative estimate of drug-likeness (QED) is 0.704. The first-order valence-electron chi connectivity index (χ1n) is 8.66. The van der Waals surface area contributed by atoms with Crippen molar-refractivity contribution in [2.45, 2.75) is 0 Å². The van der Waals surface area contributed by atoms with Crippen molar-refractivity contribution in [1.82, 2.24) is 9.97 Å². The van der Waals surface area contributed by atoms with Crippen LogP contribution in [0.2, 0.25) is 0 Å². The van der Waals surface area contributed by atoms with Gasteiger partial charge in [0.1, 0.15) is 24.7 Å². The first-order chi connectivity index (χ1) is 13.7. The molecule has 0 radical (unpaired) electrons. The Morgan fingerprint density at radius 1 is 1.00 bits per heavy atom. The summed E-state index contributed by atoms with van der Waals surface area (Å²) in [7, 11) is 1.59. The average molecular weight is 378 g/mol. The van der Waals surface area contributed by atoms with Crippen molar-refractivity contribution in [3.8, 4) is 17.2 Å². The third kappa shape index (κ3) is 3.96. The van der Waals surface area contributed by atoms with E-state index < -0.39 is 0 Å². The van der Waals surface area contributed by atoms with Crippen LogP contribution in [-0.2, 0) is 0 Å². The van der Waals surface area contributed by atoms with E-state index in [1.54, 1.807) is 37.4 Å². The zero-order valence-corrected chi connectivity index (χ0v) is 15.1. The van der Waals surface area contributed by atoms with Gasteiger partial charge in [-0.3, -0.25) is 4.79 Å². The van der Waals surface area contributed by atoms with Crippen LogP contribution in [0.25, 0.3) is 0 Å². The Hall–Kier alpha value is -3.81. The number of nitrogens with one attached hydrogen (secondary N) is 2. The van der Waals surface area contributed by atoms with Crippen molar-refractivity contribution < 1.29 is 19.0 Å². The maximum Gasteiger partial charge on any atom is 0.274 e. The van der Waals surface area contributed by atoms with Crippen molar-refractivity contribution in [1.29, 1.82) is 0 Å². The molecule has 0 saturated heterocycles. The molecule has 8 nitrogen and oxygen atoms in total. The molecule has 1 amide bonds. The lowest BCUT2D eigenvalue weighted by Gasteiger charge is -2.19. The Morgan fingerprint density at radius 2 is 1.75 bits per heavy atom.